The van der Waals surface area contributed by atoms with Crippen LogP contribution in [0.3, 0.4) is 0 Å². The molecule has 0 bridgehead atoms. The highest BCUT2D eigenvalue weighted by molar-refractivity contribution is 7.75. The number of benzene rings is 3. The summed E-state index contributed by atoms with van der Waals surface area (Å²) in [7, 11) is -3.50. The third-order valence-electron chi connectivity index (χ3n) is 6.90. The maximum Gasteiger partial charge on any atom is 0.294 e. The van der Waals surface area contributed by atoms with E-state index < -0.39 is 52.3 Å². The van der Waals surface area contributed by atoms with Gasteiger partial charge in [0.15, 0.2) is 0 Å². The van der Waals surface area contributed by atoms with Gasteiger partial charge in [0.1, 0.15) is 17.2 Å². The molecule has 240 valence electrons. The zero-order chi connectivity index (χ0) is 33.4. The van der Waals surface area contributed by atoms with Crippen LogP contribution in [0.4, 0.5) is 17.1 Å². The van der Waals surface area contributed by atoms with E-state index >= 15 is 0 Å². The van der Waals surface area contributed by atoms with Crippen molar-refractivity contribution in [2.75, 3.05) is 14.7 Å². The topological polar surface area (TPSA) is 167 Å². The molecule has 4 heterocycles. The number of nitrogens with one attached hydrogen (secondary N) is 2. The molecule has 3 aromatic carbocycles. The minimum absolute atomic E-state index is 0.0161. The van der Waals surface area contributed by atoms with Crippen LogP contribution in [0, 0.1) is 0 Å². The van der Waals surface area contributed by atoms with Crippen molar-refractivity contribution >= 4 is 78.3 Å². The first-order valence-corrected chi connectivity index (χ1v) is 17.4. The third kappa shape index (κ3) is 6.26. The third-order valence-corrected chi connectivity index (χ3v) is 11.8. The van der Waals surface area contributed by atoms with Crippen LogP contribution in [-0.2, 0) is 28.8 Å². The highest BCUT2D eigenvalue weighted by atomic mass is 31.3. The maximum absolute atomic E-state index is 12.1. The largest absolute Gasteiger partial charge is 0.442 e. The van der Waals surface area contributed by atoms with E-state index in [1.54, 1.807) is 72.8 Å². The number of carbonyl (C=O) groups is 6. The molecule has 0 spiro atoms. The molecular formula is C30H21N6O9P3. The highest BCUT2D eigenvalue weighted by Crippen LogP contribution is 2.60. The monoisotopic (exact) mass is 702 g/mol. The molecule has 48 heavy (non-hydrogen) atoms. The van der Waals surface area contributed by atoms with E-state index in [1.165, 1.54) is 41.1 Å². The number of anilines is 3. The molecule has 0 aliphatic carbocycles. The summed E-state index contributed by atoms with van der Waals surface area (Å²) in [5, 5.41) is 0. The Morgan fingerprint density at radius 1 is 0.438 bits per heavy atom. The fourth-order valence-corrected chi connectivity index (χ4v) is 9.89. The molecule has 2 atom stereocenters. The van der Waals surface area contributed by atoms with Crippen molar-refractivity contribution in [1.82, 2.24) is 14.3 Å². The second kappa shape index (κ2) is 13.2. The summed E-state index contributed by atoms with van der Waals surface area (Å²) < 4.78 is 14.1. The van der Waals surface area contributed by atoms with Crippen LogP contribution in [0.1, 0.15) is 0 Å². The van der Waals surface area contributed by atoms with Gasteiger partial charge in [0, 0.05) is 49.9 Å². The normalized spacial score (nSPS) is 21.4. The summed E-state index contributed by atoms with van der Waals surface area (Å²) in [4.78, 5) is 88.5. The Morgan fingerprint density at radius 3 is 1.04 bits per heavy atom. The van der Waals surface area contributed by atoms with Crippen LogP contribution in [0.5, 0.6) is 17.2 Å². The van der Waals surface area contributed by atoms with E-state index in [2.05, 4.69) is 9.72 Å². The zero-order valence-electron chi connectivity index (χ0n) is 24.2. The van der Waals surface area contributed by atoms with Crippen molar-refractivity contribution in [3.05, 3.63) is 109 Å². The molecule has 3 aromatic rings. The fraction of sp³-hybridized carbons (Fsp3) is 0. The van der Waals surface area contributed by atoms with Gasteiger partial charge in [-0.25, -0.2) is 24.4 Å². The van der Waals surface area contributed by atoms with Crippen molar-refractivity contribution in [2.45, 2.75) is 0 Å². The van der Waals surface area contributed by atoms with E-state index in [4.69, 9.17) is 13.9 Å². The van der Waals surface area contributed by atoms with Gasteiger partial charge in [-0.3, -0.25) is 28.8 Å². The number of nitrogens with zero attached hydrogens (tertiary/aromatic N) is 4. The van der Waals surface area contributed by atoms with Gasteiger partial charge < -0.3 is 13.9 Å². The number of carbonyl (C=O) groups excluding carboxylic acids is 6. The number of rotatable bonds is 9. The SMILES string of the molecule is O=C1C=CC(=O)N1c1ccc(ON2P(Oc3ccc(N4C(=O)C=CC4=O)cc3)NPNP2Oc2ccc(N3C(=O)C=CC3=O)cc2)cc1. The first-order valence-electron chi connectivity index (χ1n) is 13.9. The first kappa shape index (κ1) is 31.5. The van der Waals surface area contributed by atoms with Crippen molar-refractivity contribution in [3.8, 4) is 17.2 Å². The summed E-state index contributed by atoms with van der Waals surface area (Å²) >= 11 is 0. The Morgan fingerprint density at radius 2 is 0.729 bits per heavy atom. The van der Waals surface area contributed by atoms with Crippen LogP contribution in [-0.4, -0.2) is 40.0 Å². The lowest BCUT2D eigenvalue weighted by molar-refractivity contribution is -0.121. The minimum Gasteiger partial charge on any atom is -0.442 e. The van der Waals surface area contributed by atoms with Gasteiger partial charge >= 0.3 is 0 Å². The average Bonchev–Trinajstić information content (AvgIpc) is 3.73. The number of amides is 6. The molecule has 4 aliphatic heterocycles. The molecule has 1 fully saturated rings. The summed E-state index contributed by atoms with van der Waals surface area (Å²) in [6.07, 6.45) is 7.20. The van der Waals surface area contributed by atoms with Gasteiger partial charge in [0.25, 0.3) is 52.3 Å². The smallest absolute Gasteiger partial charge is 0.294 e. The first-order chi connectivity index (χ1) is 23.2. The molecule has 6 amide bonds. The Bertz CT molecular complexity index is 1790. The maximum atomic E-state index is 12.1. The van der Waals surface area contributed by atoms with Crippen LogP contribution in [0.25, 0.3) is 0 Å². The van der Waals surface area contributed by atoms with Gasteiger partial charge in [-0.1, -0.05) is 0 Å². The molecule has 2 unspecified atom stereocenters. The predicted molar refractivity (Wildman–Crippen MR) is 176 cm³/mol. The summed E-state index contributed by atoms with van der Waals surface area (Å²) in [6.45, 7) is 0. The zero-order valence-corrected chi connectivity index (χ0v) is 27.0. The van der Waals surface area contributed by atoms with Crippen LogP contribution < -0.4 is 38.3 Å². The average molecular weight is 702 g/mol. The predicted octanol–water partition coefficient (Wildman–Crippen LogP) is 3.88. The number of imide groups is 3. The van der Waals surface area contributed by atoms with E-state index in [0.717, 1.165) is 14.7 Å². The molecule has 15 nitrogen and oxygen atoms in total. The molecule has 0 aromatic heterocycles. The van der Waals surface area contributed by atoms with Crippen molar-refractivity contribution < 1.29 is 42.7 Å². The molecule has 4 aliphatic rings. The van der Waals surface area contributed by atoms with Gasteiger partial charge in [-0.15, -0.1) is 0 Å². The van der Waals surface area contributed by atoms with Gasteiger partial charge in [-0.2, -0.15) is 0 Å². The van der Waals surface area contributed by atoms with Crippen molar-refractivity contribution in [3.63, 3.8) is 0 Å². The minimum atomic E-state index is -1.74. The Balaban J connectivity index is 1.11. The molecular weight excluding hydrogens is 681 g/mol. The van der Waals surface area contributed by atoms with E-state index in [-0.39, 0.29) is 8.88 Å². The lowest BCUT2D eigenvalue weighted by atomic mass is 10.3. The second-order valence-electron chi connectivity index (χ2n) is 9.94. The highest BCUT2D eigenvalue weighted by Gasteiger charge is 2.39. The summed E-state index contributed by atoms with van der Waals surface area (Å²) in [5.74, 6) is -1.50. The Hall–Kier alpha value is -5.13. The Kier molecular flexibility index (Phi) is 8.63. The number of hydrogen-bond acceptors (Lipinski definition) is 12. The Labute approximate surface area is 276 Å². The standard InChI is InChI=1S/C30H21N6O9P3/c37-25-13-14-26(38)33(25)19-1-7-22(8-2-19)43-36-47(44-23-9-3-20(4-10-23)34-27(39)15-16-28(34)40)31-46-32-48(36)45-24-11-5-21(6-12-24)35-29(41)17-18-30(35)42/h1-18,31-32,46H. The fourth-order valence-electron chi connectivity index (χ4n) is 4.70. The van der Waals surface area contributed by atoms with Crippen LogP contribution >= 0.6 is 25.8 Å². The summed E-state index contributed by atoms with van der Waals surface area (Å²) in [5.41, 5.74) is 1.14. The van der Waals surface area contributed by atoms with Gasteiger partial charge in [0.2, 0.25) is 0 Å². The quantitative estimate of drug-likeness (QED) is 0.244. The number of hydrogen-bond donors (Lipinski definition) is 2. The van der Waals surface area contributed by atoms with Gasteiger partial charge in [0.05, 0.1) is 17.1 Å². The molecule has 2 N–H and O–H groups in total. The molecule has 18 heteroatoms. The second-order valence-corrected chi connectivity index (χ2v) is 14.5. The van der Waals surface area contributed by atoms with E-state index in [9.17, 15) is 28.8 Å². The van der Waals surface area contributed by atoms with Crippen molar-refractivity contribution in [1.29, 1.82) is 0 Å². The lowest BCUT2D eigenvalue weighted by Crippen LogP contribution is -2.33. The van der Waals surface area contributed by atoms with E-state index in [0.29, 0.717) is 34.3 Å². The lowest BCUT2D eigenvalue weighted by Gasteiger charge is -2.37. The van der Waals surface area contributed by atoms with Crippen LogP contribution in [0.2, 0.25) is 0 Å². The van der Waals surface area contributed by atoms with Gasteiger partial charge in [-0.05, 0) is 72.8 Å². The molecule has 1 saturated heterocycles. The van der Waals surface area contributed by atoms with Crippen LogP contribution in [0.15, 0.2) is 109 Å². The summed E-state index contributed by atoms with van der Waals surface area (Å²) in [6, 6.07) is 19.1. The molecule has 0 radical (unpaired) electrons. The van der Waals surface area contributed by atoms with E-state index in [1.807, 2.05) is 0 Å². The van der Waals surface area contributed by atoms with Crippen molar-refractivity contribution in [2.24, 2.45) is 0 Å². The molecule has 7 rings (SSSR count). The molecule has 0 saturated carbocycles.